The van der Waals surface area contributed by atoms with Crippen LogP contribution in [-0.4, -0.2) is 39.2 Å². The maximum atomic E-state index is 12.7. The van der Waals surface area contributed by atoms with Gasteiger partial charge < -0.3 is 21.4 Å². The van der Waals surface area contributed by atoms with Crippen LogP contribution in [0, 0.1) is 5.92 Å². The van der Waals surface area contributed by atoms with E-state index in [2.05, 4.69) is 49.9 Å². The fraction of sp³-hybridized carbons (Fsp3) is 0.292. The molecule has 1 saturated heterocycles. The molecule has 0 unspecified atom stereocenters. The van der Waals surface area contributed by atoms with Crippen LogP contribution < -0.4 is 22.1 Å². The van der Waals surface area contributed by atoms with Crippen molar-refractivity contribution in [1.29, 1.82) is 0 Å². The van der Waals surface area contributed by atoms with Gasteiger partial charge in [-0.2, -0.15) is 4.98 Å². The maximum absolute atomic E-state index is 12.7. The Kier molecular flexibility index (Phi) is 5.70. The monoisotopic (exact) mass is 429 g/mol. The lowest BCUT2D eigenvalue weighted by Crippen LogP contribution is -2.19. The number of fused-ring (bicyclic) bond motifs is 1. The summed E-state index contributed by atoms with van der Waals surface area (Å²) in [4.78, 5) is 24.5. The number of nitrogens with one attached hydrogen (secondary N) is 3. The molecule has 164 valence electrons. The fourth-order valence-electron chi connectivity index (χ4n) is 4.21. The van der Waals surface area contributed by atoms with Gasteiger partial charge in [0.15, 0.2) is 5.65 Å². The fourth-order valence-corrected chi connectivity index (χ4v) is 4.21. The van der Waals surface area contributed by atoms with E-state index in [0.29, 0.717) is 36.1 Å². The highest BCUT2D eigenvalue weighted by molar-refractivity contribution is 5.71. The third-order valence-corrected chi connectivity index (χ3v) is 5.99. The lowest BCUT2D eigenvalue weighted by atomic mass is 10.0. The van der Waals surface area contributed by atoms with E-state index in [1.165, 1.54) is 0 Å². The predicted molar refractivity (Wildman–Crippen MR) is 126 cm³/mol. The molecule has 2 aromatic heterocycles. The molecule has 5 N–H and O–H groups in total. The number of aromatic amines is 1. The van der Waals surface area contributed by atoms with Crippen LogP contribution in [0.25, 0.3) is 22.3 Å². The van der Waals surface area contributed by atoms with Gasteiger partial charge in [0.2, 0.25) is 5.95 Å². The van der Waals surface area contributed by atoms with Gasteiger partial charge in [-0.15, -0.1) is 0 Å². The zero-order valence-electron chi connectivity index (χ0n) is 17.8. The molecule has 8 heteroatoms. The van der Waals surface area contributed by atoms with Crippen molar-refractivity contribution in [2.45, 2.75) is 19.5 Å². The van der Waals surface area contributed by atoms with Crippen molar-refractivity contribution >= 4 is 17.1 Å². The van der Waals surface area contributed by atoms with Crippen molar-refractivity contribution in [3.8, 4) is 11.1 Å². The average molecular weight is 430 g/mol. The molecule has 2 aromatic carbocycles. The van der Waals surface area contributed by atoms with Crippen LogP contribution in [0.4, 0.5) is 5.95 Å². The highest BCUT2D eigenvalue weighted by Gasteiger charge is 2.15. The molecule has 1 aliphatic rings. The first kappa shape index (κ1) is 20.4. The lowest BCUT2D eigenvalue weighted by Gasteiger charge is -2.10. The molecule has 3 heterocycles. The Bertz CT molecular complexity index is 1290. The molecule has 1 atom stereocenters. The van der Waals surface area contributed by atoms with Crippen LogP contribution in [0.15, 0.2) is 59.5 Å². The highest BCUT2D eigenvalue weighted by Crippen LogP contribution is 2.22. The van der Waals surface area contributed by atoms with E-state index >= 15 is 0 Å². The second kappa shape index (κ2) is 8.94. The Hall–Kier alpha value is -3.49. The van der Waals surface area contributed by atoms with E-state index in [4.69, 9.17) is 5.73 Å². The number of hydrogen-bond donors (Lipinski definition) is 4. The minimum absolute atomic E-state index is 0.193. The number of nitrogens with zero attached hydrogens (tertiary/aromatic N) is 3. The number of rotatable bonds is 7. The number of hydrogen-bond acceptors (Lipinski definition) is 6. The number of aromatic nitrogens is 4. The van der Waals surface area contributed by atoms with Crippen LogP contribution in [0.5, 0.6) is 0 Å². The molecule has 5 rings (SSSR count). The van der Waals surface area contributed by atoms with Crippen molar-refractivity contribution in [1.82, 2.24) is 24.8 Å². The van der Waals surface area contributed by atoms with Gasteiger partial charge in [0.1, 0.15) is 5.52 Å². The van der Waals surface area contributed by atoms with Gasteiger partial charge >= 0.3 is 5.69 Å². The number of H-pyrrole nitrogens is 1. The number of benzene rings is 2. The molecular formula is C24H27N7O. The summed E-state index contributed by atoms with van der Waals surface area (Å²) in [5, 5.41) is 6.68. The second-order valence-electron chi connectivity index (χ2n) is 8.29. The van der Waals surface area contributed by atoms with Gasteiger partial charge in [0, 0.05) is 13.1 Å². The largest absolute Gasteiger partial charge is 0.354 e. The van der Waals surface area contributed by atoms with Crippen molar-refractivity contribution in [3.05, 3.63) is 76.3 Å². The summed E-state index contributed by atoms with van der Waals surface area (Å²) in [7, 11) is 0. The van der Waals surface area contributed by atoms with Crippen LogP contribution in [0.3, 0.4) is 0 Å². The van der Waals surface area contributed by atoms with E-state index in [1.807, 2.05) is 24.3 Å². The first-order valence-corrected chi connectivity index (χ1v) is 11.0. The van der Waals surface area contributed by atoms with E-state index < -0.39 is 0 Å². The number of anilines is 1. The Labute approximate surface area is 185 Å². The molecule has 1 aliphatic heterocycles. The molecule has 0 spiro atoms. The van der Waals surface area contributed by atoms with Gasteiger partial charge in [-0.25, -0.2) is 9.78 Å². The van der Waals surface area contributed by atoms with Gasteiger partial charge in [-0.1, -0.05) is 36.4 Å². The standard InChI is InChI=1S/C24H27N7O/c25-11-16-3-1-5-19(9-16)20-6-2-4-17(10-20)15-31-22-21(29-24(31)32)14-28-23(30-22)27-13-18-7-8-26-12-18/h1-6,9-10,14,18,26H,7-8,11-13,15,25H2,(H,29,32)(H,27,28,30)/t18-/m1/s1. The van der Waals surface area contributed by atoms with E-state index in [0.717, 1.165) is 48.3 Å². The minimum atomic E-state index is -0.193. The van der Waals surface area contributed by atoms with Gasteiger partial charge in [-0.3, -0.25) is 4.57 Å². The molecule has 0 aliphatic carbocycles. The van der Waals surface area contributed by atoms with E-state index in [-0.39, 0.29) is 5.69 Å². The molecule has 0 bridgehead atoms. The minimum Gasteiger partial charge on any atom is -0.354 e. The van der Waals surface area contributed by atoms with Crippen molar-refractivity contribution in [2.24, 2.45) is 11.7 Å². The maximum Gasteiger partial charge on any atom is 0.328 e. The summed E-state index contributed by atoms with van der Waals surface area (Å²) < 4.78 is 1.66. The van der Waals surface area contributed by atoms with Crippen molar-refractivity contribution in [2.75, 3.05) is 25.0 Å². The highest BCUT2D eigenvalue weighted by atomic mass is 16.1. The summed E-state index contributed by atoms with van der Waals surface area (Å²) in [5.74, 6) is 1.12. The van der Waals surface area contributed by atoms with E-state index in [1.54, 1.807) is 10.8 Å². The zero-order chi connectivity index (χ0) is 21.9. The summed E-state index contributed by atoms with van der Waals surface area (Å²) in [6, 6.07) is 16.4. The predicted octanol–water partition coefficient (Wildman–Crippen LogP) is 2.31. The van der Waals surface area contributed by atoms with E-state index in [9.17, 15) is 4.79 Å². The quantitative estimate of drug-likeness (QED) is 0.359. The Morgan fingerprint density at radius 3 is 2.66 bits per heavy atom. The zero-order valence-corrected chi connectivity index (χ0v) is 17.8. The third kappa shape index (κ3) is 4.28. The smallest absolute Gasteiger partial charge is 0.328 e. The van der Waals surface area contributed by atoms with Crippen molar-refractivity contribution in [3.63, 3.8) is 0 Å². The lowest BCUT2D eigenvalue weighted by molar-refractivity contribution is 0.613. The SMILES string of the molecule is NCc1cccc(-c2cccc(Cn3c(=O)[nH]c4cnc(NC[C@@H]5CCNC5)nc43)c2)c1. The Morgan fingerprint density at radius 1 is 1.12 bits per heavy atom. The van der Waals surface area contributed by atoms with Gasteiger partial charge in [0.05, 0.1) is 12.7 Å². The average Bonchev–Trinajstić information content (AvgIpc) is 3.46. The third-order valence-electron chi connectivity index (χ3n) is 5.99. The van der Waals surface area contributed by atoms with Crippen LogP contribution in [-0.2, 0) is 13.1 Å². The molecule has 8 nitrogen and oxygen atoms in total. The number of nitrogens with two attached hydrogens (primary N) is 1. The van der Waals surface area contributed by atoms with Gasteiger partial charge in [-0.05, 0) is 59.8 Å². The molecule has 0 amide bonds. The normalized spacial score (nSPS) is 16.0. The molecule has 0 saturated carbocycles. The van der Waals surface area contributed by atoms with Crippen molar-refractivity contribution < 1.29 is 0 Å². The molecule has 1 fully saturated rings. The van der Waals surface area contributed by atoms with Gasteiger partial charge in [0.25, 0.3) is 0 Å². The molecule has 0 radical (unpaired) electrons. The molecule has 32 heavy (non-hydrogen) atoms. The summed E-state index contributed by atoms with van der Waals surface area (Å²) in [6.07, 6.45) is 2.82. The molecular weight excluding hydrogens is 402 g/mol. The van der Waals surface area contributed by atoms with Crippen LogP contribution in [0.2, 0.25) is 0 Å². The Balaban J connectivity index is 1.41. The van der Waals surface area contributed by atoms with Crippen LogP contribution >= 0.6 is 0 Å². The molecule has 4 aromatic rings. The first-order chi connectivity index (χ1) is 15.7. The van der Waals surface area contributed by atoms with Crippen LogP contribution in [0.1, 0.15) is 17.5 Å². The Morgan fingerprint density at radius 2 is 1.91 bits per heavy atom. The first-order valence-electron chi connectivity index (χ1n) is 11.0. The number of imidazole rings is 1. The summed E-state index contributed by atoms with van der Waals surface area (Å²) in [6.45, 7) is 3.81. The second-order valence-corrected chi connectivity index (χ2v) is 8.29. The summed E-state index contributed by atoms with van der Waals surface area (Å²) >= 11 is 0. The summed E-state index contributed by atoms with van der Waals surface area (Å²) in [5.41, 5.74) is 11.1. The topological polar surface area (TPSA) is 114 Å².